The van der Waals surface area contributed by atoms with Gasteiger partial charge in [0.2, 0.25) is 5.79 Å². The largest absolute Gasteiger partial charge is 0.339 e. The van der Waals surface area contributed by atoms with Crippen molar-refractivity contribution in [2.45, 2.75) is 24.9 Å². The van der Waals surface area contributed by atoms with Crippen LogP contribution < -0.4 is 0 Å². The van der Waals surface area contributed by atoms with Gasteiger partial charge in [0, 0.05) is 17.2 Å². The van der Waals surface area contributed by atoms with E-state index in [1.807, 2.05) is 36.4 Å². The Hall–Kier alpha value is -1.68. The van der Waals surface area contributed by atoms with Gasteiger partial charge in [-0.15, -0.1) is 0 Å². The molecule has 0 aromatic heterocycles. The van der Waals surface area contributed by atoms with Crippen LogP contribution in [-0.4, -0.2) is 37.7 Å². The van der Waals surface area contributed by atoms with Crippen LogP contribution in [0.4, 0.5) is 0 Å². The molecule has 0 saturated carbocycles. The Morgan fingerprint density at radius 3 is 1.91 bits per heavy atom. The number of rotatable bonds is 4. The summed E-state index contributed by atoms with van der Waals surface area (Å²) in [6.45, 7) is 2.75. The maximum absolute atomic E-state index is 6.48. The Morgan fingerprint density at radius 1 is 0.955 bits per heavy atom. The average Bonchev–Trinajstić information content (AvgIpc) is 3.02. The quantitative estimate of drug-likeness (QED) is 0.864. The van der Waals surface area contributed by atoms with Crippen molar-refractivity contribution in [3.63, 3.8) is 0 Å². The summed E-state index contributed by atoms with van der Waals surface area (Å²) in [5.74, 6) is -0.808. The second-order valence-corrected chi connectivity index (χ2v) is 6.02. The second kappa shape index (κ2) is 6.21. The zero-order valence-electron chi connectivity index (χ0n) is 13.4. The van der Waals surface area contributed by atoms with Crippen molar-refractivity contribution in [2.24, 2.45) is 0 Å². The van der Waals surface area contributed by atoms with E-state index in [1.54, 1.807) is 0 Å². The summed E-state index contributed by atoms with van der Waals surface area (Å²) < 4.78 is 12.7. The molecule has 0 aliphatic carbocycles. The van der Waals surface area contributed by atoms with Crippen LogP contribution in [-0.2, 0) is 15.3 Å². The molecule has 1 fully saturated rings. The van der Waals surface area contributed by atoms with Crippen molar-refractivity contribution < 1.29 is 9.47 Å². The first kappa shape index (κ1) is 15.2. The lowest BCUT2D eigenvalue weighted by Crippen LogP contribution is -2.39. The van der Waals surface area contributed by atoms with E-state index in [9.17, 15) is 0 Å². The zero-order valence-corrected chi connectivity index (χ0v) is 13.4. The molecular formula is C19H23NO2. The molecular weight excluding hydrogens is 274 g/mol. The third-order valence-corrected chi connectivity index (χ3v) is 4.43. The van der Waals surface area contributed by atoms with Crippen LogP contribution in [0.2, 0.25) is 0 Å². The first-order valence-corrected chi connectivity index (χ1v) is 7.73. The van der Waals surface area contributed by atoms with Gasteiger partial charge in [-0.05, 0) is 21.0 Å². The molecule has 116 valence electrons. The summed E-state index contributed by atoms with van der Waals surface area (Å²) in [5.41, 5.74) is 2.07. The molecule has 0 radical (unpaired) electrons. The first-order chi connectivity index (χ1) is 10.6. The van der Waals surface area contributed by atoms with Crippen LogP contribution in [0.3, 0.4) is 0 Å². The highest BCUT2D eigenvalue weighted by atomic mass is 16.7. The van der Waals surface area contributed by atoms with Crippen molar-refractivity contribution in [1.82, 2.24) is 4.90 Å². The summed E-state index contributed by atoms with van der Waals surface area (Å²) in [6, 6.07) is 20.7. The highest BCUT2D eigenvalue weighted by Gasteiger charge is 2.46. The van der Waals surface area contributed by atoms with Crippen LogP contribution in [0.15, 0.2) is 60.7 Å². The Balaban J connectivity index is 2.00. The van der Waals surface area contributed by atoms with Gasteiger partial charge in [-0.1, -0.05) is 60.7 Å². The highest BCUT2D eigenvalue weighted by molar-refractivity contribution is 5.34. The first-order valence-electron chi connectivity index (χ1n) is 7.73. The van der Waals surface area contributed by atoms with Gasteiger partial charge in [0.1, 0.15) is 6.10 Å². The molecule has 0 unspecified atom stereocenters. The third-order valence-electron chi connectivity index (χ3n) is 4.43. The number of likely N-dealkylation sites (N-methyl/N-ethyl adjacent to an activating group) is 1. The maximum atomic E-state index is 6.48. The summed E-state index contributed by atoms with van der Waals surface area (Å²) in [7, 11) is 4.14. The fourth-order valence-electron chi connectivity index (χ4n) is 2.84. The summed E-state index contributed by atoms with van der Waals surface area (Å²) in [4.78, 5) is 2.17. The van der Waals surface area contributed by atoms with Crippen LogP contribution in [0.5, 0.6) is 0 Å². The van der Waals surface area contributed by atoms with Gasteiger partial charge >= 0.3 is 0 Å². The summed E-state index contributed by atoms with van der Waals surface area (Å²) in [5, 5.41) is 0. The van der Waals surface area contributed by atoms with Gasteiger partial charge in [-0.25, -0.2) is 0 Å². The van der Waals surface area contributed by atoms with Crippen LogP contribution >= 0.6 is 0 Å². The Morgan fingerprint density at radius 2 is 1.45 bits per heavy atom. The van der Waals surface area contributed by atoms with E-state index >= 15 is 0 Å². The summed E-state index contributed by atoms with van der Waals surface area (Å²) >= 11 is 0. The minimum atomic E-state index is -0.808. The molecule has 22 heavy (non-hydrogen) atoms. The van der Waals surface area contributed by atoms with Gasteiger partial charge in [0.15, 0.2) is 0 Å². The predicted octanol–water partition coefficient (Wildman–Crippen LogP) is 3.25. The van der Waals surface area contributed by atoms with Gasteiger partial charge < -0.3 is 14.4 Å². The van der Waals surface area contributed by atoms with Crippen molar-refractivity contribution in [3.8, 4) is 0 Å². The van der Waals surface area contributed by atoms with Crippen molar-refractivity contribution in [2.75, 3.05) is 20.7 Å². The Kier molecular flexibility index (Phi) is 4.30. The molecule has 0 N–H and O–H groups in total. The molecule has 3 nitrogen and oxygen atoms in total. The molecule has 2 aromatic rings. The van der Waals surface area contributed by atoms with E-state index in [-0.39, 0.29) is 12.1 Å². The van der Waals surface area contributed by atoms with Gasteiger partial charge in [0.25, 0.3) is 0 Å². The number of hydrogen-bond acceptors (Lipinski definition) is 3. The summed E-state index contributed by atoms with van der Waals surface area (Å²) in [6.07, 6.45) is 0.0374. The molecule has 3 rings (SSSR count). The Labute approximate surface area is 132 Å². The smallest absolute Gasteiger partial charge is 0.222 e. The molecule has 0 amide bonds. The van der Waals surface area contributed by atoms with E-state index in [0.717, 1.165) is 11.1 Å². The molecule has 3 heteroatoms. The fourth-order valence-corrected chi connectivity index (χ4v) is 2.84. The third kappa shape index (κ3) is 2.68. The average molecular weight is 297 g/mol. The molecule has 1 aliphatic heterocycles. The lowest BCUT2D eigenvalue weighted by molar-refractivity contribution is -0.148. The minimum absolute atomic E-state index is 0.0374. The lowest BCUT2D eigenvalue weighted by Gasteiger charge is -2.31. The number of nitrogens with zero attached hydrogens (tertiary/aromatic N) is 1. The van der Waals surface area contributed by atoms with Crippen molar-refractivity contribution >= 4 is 0 Å². The van der Waals surface area contributed by atoms with E-state index in [4.69, 9.17) is 9.47 Å². The normalized spacial score (nSPS) is 21.9. The monoisotopic (exact) mass is 297 g/mol. The predicted molar refractivity (Wildman–Crippen MR) is 87.6 cm³/mol. The highest BCUT2D eigenvalue weighted by Crippen LogP contribution is 2.41. The molecule has 1 heterocycles. The van der Waals surface area contributed by atoms with Crippen LogP contribution in [0.1, 0.15) is 18.1 Å². The van der Waals surface area contributed by atoms with E-state index in [0.29, 0.717) is 6.61 Å². The molecule has 1 aliphatic rings. The molecule has 2 atom stereocenters. The van der Waals surface area contributed by atoms with E-state index < -0.39 is 5.79 Å². The topological polar surface area (TPSA) is 21.7 Å². The second-order valence-electron chi connectivity index (χ2n) is 6.02. The molecule has 1 saturated heterocycles. The molecule has 0 bridgehead atoms. The van der Waals surface area contributed by atoms with Crippen molar-refractivity contribution in [3.05, 3.63) is 71.8 Å². The SMILES string of the molecule is C[C@@H]([C@H]1COC(c2ccccc2)(c2ccccc2)O1)N(C)C. The molecule has 2 aromatic carbocycles. The number of benzene rings is 2. The maximum Gasteiger partial charge on any atom is 0.222 e. The number of hydrogen-bond donors (Lipinski definition) is 0. The minimum Gasteiger partial charge on any atom is -0.339 e. The van der Waals surface area contributed by atoms with Crippen molar-refractivity contribution in [1.29, 1.82) is 0 Å². The van der Waals surface area contributed by atoms with Gasteiger partial charge in [-0.3, -0.25) is 0 Å². The van der Waals surface area contributed by atoms with E-state index in [1.165, 1.54) is 0 Å². The zero-order chi connectivity index (χ0) is 15.6. The standard InChI is InChI=1S/C19H23NO2/c1-15(20(2)3)18-14-21-19(22-18,16-10-6-4-7-11-16)17-12-8-5-9-13-17/h4-13,15,18H,14H2,1-3H3/t15-,18+/m0/s1. The van der Waals surface area contributed by atoms with Gasteiger partial charge in [0.05, 0.1) is 6.61 Å². The lowest BCUT2D eigenvalue weighted by atomic mass is 9.97. The molecule has 0 spiro atoms. The van der Waals surface area contributed by atoms with Crippen LogP contribution in [0, 0.1) is 0 Å². The number of ether oxygens (including phenoxy) is 2. The fraction of sp³-hybridized carbons (Fsp3) is 0.368. The van der Waals surface area contributed by atoms with Gasteiger partial charge in [-0.2, -0.15) is 0 Å². The van der Waals surface area contributed by atoms with E-state index in [2.05, 4.69) is 50.2 Å². The van der Waals surface area contributed by atoms with Crippen LogP contribution in [0.25, 0.3) is 0 Å². The Bertz CT molecular complexity index is 558.